The summed E-state index contributed by atoms with van der Waals surface area (Å²) in [5.74, 6) is 1.42. The number of hydrogen-bond donors (Lipinski definition) is 1. The van der Waals surface area contributed by atoms with Gasteiger partial charge in [0.2, 0.25) is 0 Å². The van der Waals surface area contributed by atoms with Crippen LogP contribution in [0, 0.1) is 0 Å². The fourth-order valence-electron chi connectivity index (χ4n) is 1.56. The smallest absolute Gasteiger partial charge is 0.145 e. The summed E-state index contributed by atoms with van der Waals surface area (Å²) < 4.78 is 16.1. The fraction of sp³-hybridized carbons (Fsp3) is 0.455. The van der Waals surface area contributed by atoms with Crippen molar-refractivity contribution in [1.82, 2.24) is 0 Å². The normalized spacial score (nSPS) is 20.2. The Morgan fingerprint density at radius 2 is 2.33 bits per heavy atom. The second-order valence-corrected chi connectivity index (χ2v) is 3.51. The lowest BCUT2D eigenvalue weighted by Crippen LogP contribution is -2.15. The molecule has 0 unspecified atom stereocenters. The molecule has 4 heteroatoms. The van der Waals surface area contributed by atoms with Crippen molar-refractivity contribution in [2.45, 2.75) is 12.5 Å². The molecule has 1 heterocycles. The van der Waals surface area contributed by atoms with Crippen LogP contribution in [0.5, 0.6) is 11.5 Å². The van der Waals surface area contributed by atoms with Crippen molar-refractivity contribution in [1.29, 1.82) is 0 Å². The minimum atomic E-state index is 0.151. The average molecular weight is 209 g/mol. The van der Waals surface area contributed by atoms with Gasteiger partial charge in [0.25, 0.3) is 0 Å². The van der Waals surface area contributed by atoms with E-state index in [9.17, 15) is 0 Å². The predicted octanol–water partition coefficient (Wildman–Crippen LogP) is 1.45. The van der Waals surface area contributed by atoms with Crippen LogP contribution in [0.15, 0.2) is 18.2 Å². The highest BCUT2D eigenvalue weighted by atomic mass is 16.5. The zero-order valence-corrected chi connectivity index (χ0v) is 8.73. The number of rotatable bonds is 3. The van der Waals surface area contributed by atoms with E-state index in [0.29, 0.717) is 18.0 Å². The van der Waals surface area contributed by atoms with E-state index >= 15 is 0 Å². The Morgan fingerprint density at radius 1 is 1.47 bits per heavy atom. The summed E-state index contributed by atoms with van der Waals surface area (Å²) in [7, 11) is 1.59. The third-order valence-electron chi connectivity index (χ3n) is 2.40. The molecule has 0 aliphatic carbocycles. The van der Waals surface area contributed by atoms with Crippen molar-refractivity contribution in [3.05, 3.63) is 18.2 Å². The number of methoxy groups -OCH3 is 1. The van der Waals surface area contributed by atoms with Crippen molar-refractivity contribution < 1.29 is 14.2 Å². The summed E-state index contributed by atoms with van der Waals surface area (Å²) in [6.45, 7) is 1.43. The summed E-state index contributed by atoms with van der Waals surface area (Å²) in [6.07, 6.45) is 1.09. The third kappa shape index (κ3) is 2.33. The standard InChI is InChI=1S/C11H15NO3/c1-13-11-6-8(2-3-10(11)12)15-9-4-5-14-7-9/h2-3,6,9H,4-5,7,12H2,1H3/t9-/m0/s1. The van der Waals surface area contributed by atoms with Crippen LogP contribution in [0.1, 0.15) is 6.42 Å². The van der Waals surface area contributed by atoms with Gasteiger partial charge < -0.3 is 19.9 Å². The minimum absolute atomic E-state index is 0.151. The Balaban J connectivity index is 2.07. The second-order valence-electron chi connectivity index (χ2n) is 3.51. The lowest BCUT2D eigenvalue weighted by Gasteiger charge is -2.13. The topological polar surface area (TPSA) is 53.7 Å². The Bertz CT molecular complexity index is 335. The van der Waals surface area contributed by atoms with Crippen LogP contribution >= 0.6 is 0 Å². The van der Waals surface area contributed by atoms with Gasteiger partial charge in [-0.3, -0.25) is 0 Å². The molecule has 2 N–H and O–H groups in total. The molecule has 0 saturated carbocycles. The Kier molecular flexibility index (Phi) is 2.97. The first-order valence-corrected chi connectivity index (χ1v) is 4.97. The van der Waals surface area contributed by atoms with E-state index in [1.54, 1.807) is 19.2 Å². The first-order valence-electron chi connectivity index (χ1n) is 4.97. The van der Waals surface area contributed by atoms with Gasteiger partial charge in [-0.1, -0.05) is 0 Å². The molecule has 0 amide bonds. The van der Waals surface area contributed by atoms with E-state index in [2.05, 4.69) is 0 Å². The van der Waals surface area contributed by atoms with Crippen LogP contribution in [-0.4, -0.2) is 26.4 Å². The van der Waals surface area contributed by atoms with Crippen molar-refractivity contribution in [2.24, 2.45) is 0 Å². The zero-order valence-electron chi connectivity index (χ0n) is 8.73. The van der Waals surface area contributed by atoms with Crippen molar-refractivity contribution >= 4 is 5.69 Å². The van der Waals surface area contributed by atoms with Crippen LogP contribution in [0.2, 0.25) is 0 Å². The molecule has 0 bridgehead atoms. The highest BCUT2D eigenvalue weighted by molar-refractivity contribution is 5.55. The van der Waals surface area contributed by atoms with E-state index in [-0.39, 0.29) is 6.10 Å². The van der Waals surface area contributed by atoms with E-state index in [1.165, 1.54) is 0 Å². The van der Waals surface area contributed by atoms with E-state index < -0.39 is 0 Å². The number of hydrogen-bond acceptors (Lipinski definition) is 4. The van der Waals surface area contributed by atoms with Crippen LogP contribution in [0.25, 0.3) is 0 Å². The molecular weight excluding hydrogens is 194 g/mol. The van der Waals surface area contributed by atoms with Gasteiger partial charge in [0.1, 0.15) is 17.6 Å². The third-order valence-corrected chi connectivity index (χ3v) is 2.40. The quantitative estimate of drug-likeness (QED) is 0.765. The van der Waals surface area contributed by atoms with Gasteiger partial charge in [0.15, 0.2) is 0 Å². The number of nitrogen functional groups attached to an aromatic ring is 1. The molecule has 1 aliphatic rings. The lowest BCUT2D eigenvalue weighted by molar-refractivity contribution is 0.141. The van der Waals surface area contributed by atoms with Gasteiger partial charge in [-0.25, -0.2) is 0 Å². The average Bonchev–Trinajstić information content (AvgIpc) is 2.73. The van der Waals surface area contributed by atoms with Gasteiger partial charge in [-0.05, 0) is 12.1 Å². The molecule has 4 nitrogen and oxygen atoms in total. The monoisotopic (exact) mass is 209 g/mol. The van der Waals surface area contributed by atoms with Crippen LogP contribution < -0.4 is 15.2 Å². The summed E-state index contributed by atoms with van der Waals surface area (Å²) in [5, 5.41) is 0. The minimum Gasteiger partial charge on any atom is -0.494 e. The fourth-order valence-corrected chi connectivity index (χ4v) is 1.56. The molecule has 1 saturated heterocycles. The maximum absolute atomic E-state index is 5.71. The molecule has 1 atom stereocenters. The maximum Gasteiger partial charge on any atom is 0.145 e. The summed E-state index contributed by atoms with van der Waals surface area (Å²) in [4.78, 5) is 0. The highest BCUT2D eigenvalue weighted by Crippen LogP contribution is 2.27. The molecule has 1 aliphatic heterocycles. The van der Waals surface area contributed by atoms with Gasteiger partial charge in [0.05, 0.1) is 26.0 Å². The predicted molar refractivity (Wildman–Crippen MR) is 57.3 cm³/mol. The van der Waals surface area contributed by atoms with Crippen LogP contribution in [0.3, 0.4) is 0 Å². The zero-order chi connectivity index (χ0) is 10.7. The first kappa shape index (κ1) is 10.1. The molecule has 1 fully saturated rings. The first-order chi connectivity index (χ1) is 7.29. The summed E-state index contributed by atoms with van der Waals surface area (Å²) >= 11 is 0. The second kappa shape index (κ2) is 4.40. The van der Waals surface area contributed by atoms with Crippen LogP contribution in [-0.2, 0) is 4.74 Å². The van der Waals surface area contributed by atoms with E-state index in [1.807, 2.05) is 6.07 Å². The van der Waals surface area contributed by atoms with Gasteiger partial charge in [-0.2, -0.15) is 0 Å². The number of nitrogens with two attached hydrogens (primary N) is 1. The molecule has 0 spiro atoms. The Labute approximate surface area is 88.9 Å². The molecule has 1 aromatic rings. The highest BCUT2D eigenvalue weighted by Gasteiger charge is 2.17. The molecule has 1 aromatic carbocycles. The number of anilines is 1. The maximum atomic E-state index is 5.71. The van der Waals surface area contributed by atoms with Crippen molar-refractivity contribution in [2.75, 3.05) is 26.1 Å². The van der Waals surface area contributed by atoms with Gasteiger partial charge >= 0.3 is 0 Å². The molecule has 15 heavy (non-hydrogen) atoms. The number of ether oxygens (including phenoxy) is 3. The summed E-state index contributed by atoms with van der Waals surface area (Å²) in [6, 6.07) is 5.42. The Morgan fingerprint density at radius 3 is 3.00 bits per heavy atom. The van der Waals surface area contributed by atoms with Crippen molar-refractivity contribution in [3.8, 4) is 11.5 Å². The van der Waals surface area contributed by atoms with Gasteiger partial charge in [0, 0.05) is 12.5 Å². The molecular formula is C11H15NO3. The molecule has 82 valence electrons. The van der Waals surface area contributed by atoms with Crippen molar-refractivity contribution in [3.63, 3.8) is 0 Å². The molecule has 0 aromatic heterocycles. The summed E-state index contributed by atoms with van der Waals surface area (Å²) in [5.41, 5.74) is 6.32. The number of benzene rings is 1. The SMILES string of the molecule is COc1cc(O[C@H]2CCOC2)ccc1N. The Hall–Kier alpha value is -1.42. The largest absolute Gasteiger partial charge is 0.494 e. The van der Waals surface area contributed by atoms with E-state index in [4.69, 9.17) is 19.9 Å². The lowest BCUT2D eigenvalue weighted by atomic mass is 10.2. The van der Waals surface area contributed by atoms with E-state index in [0.717, 1.165) is 18.8 Å². The van der Waals surface area contributed by atoms with Gasteiger partial charge in [-0.15, -0.1) is 0 Å². The van der Waals surface area contributed by atoms with Crippen LogP contribution in [0.4, 0.5) is 5.69 Å². The molecule has 2 rings (SSSR count). The molecule has 0 radical (unpaired) electrons.